The molecule has 2 aromatic rings. The number of para-hydroxylation sites is 1. The second-order valence-corrected chi connectivity index (χ2v) is 3.43. The zero-order valence-corrected chi connectivity index (χ0v) is 8.94. The van der Waals surface area contributed by atoms with Gasteiger partial charge in [0.15, 0.2) is 5.82 Å². The third-order valence-corrected chi connectivity index (χ3v) is 2.33. The molecule has 0 amide bonds. The van der Waals surface area contributed by atoms with E-state index in [1.165, 1.54) is 5.56 Å². The Labute approximate surface area is 89.0 Å². The van der Waals surface area contributed by atoms with Crippen molar-refractivity contribution in [1.29, 1.82) is 0 Å². The van der Waals surface area contributed by atoms with Gasteiger partial charge >= 0.3 is 0 Å². The molecule has 1 aromatic carbocycles. The molecule has 0 aliphatic rings. The molecule has 0 fully saturated rings. The third-order valence-electron chi connectivity index (χ3n) is 2.33. The predicted octanol–water partition coefficient (Wildman–Crippen LogP) is 1.30. The average Bonchev–Trinajstić information content (AvgIpc) is 2.67. The Hall–Kier alpha value is -1.68. The van der Waals surface area contributed by atoms with Crippen LogP contribution in [0.5, 0.6) is 0 Å². The van der Waals surface area contributed by atoms with Crippen molar-refractivity contribution in [1.82, 2.24) is 20.1 Å². The fourth-order valence-corrected chi connectivity index (χ4v) is 1.57. The summed E-state index contributed by atoms with van der Waals surface area (Å²) >= 11 is 0. The van der Waals surface area contributed by atoms with Crippen LogP contribution in [0.3, 0.4) is 0 Å². The molecule has 78 valence electrons. The van der Waals surface area contributed by atoms with Gasteiger partial charge in [0.25, 0.3) is 0 Å². The Morgan fingerprint density at radius 3 is 2.87 bits per heavy atom. The monoisotopic (exact) mass is 202 g/mol. The lowest BCUT2D eigenvalue weighted by molar-refractivity contribution is 0.736. The Morgan fingerprint density at radius 1 is 1.33 bits per heavy atom. The van der Waals surface area contributed by atoms with E-state index in [-0.39, 0.29) is 0 Å². The van der Waals surface area contributed by atoms with E-state index in [1.807, 2.05) is 23.7 Å². The van der Waals surface area contributed by atoms with E-state index in [9.17, 15) is 0 Å². The van der Waals surface area contributed by atoms with Gasteiger partial charge in [-0.3, -0.25) is 4.57 Å². The van der Waals surface area contributed by atoms with Crippen molar-refractivity contribution >= 4 is 0 Å². The molecule has 0 atom stereocenters. The number of aryl methyl sites for hydroxylation is 1. The minimum absolute atomic E-state index is 0.717. The molecule has 0 saturated carbocycles. The molecule has 0 unspecified atom stereocenters. The summed E-state index contributed by atoms with van der Waals surface area (Å²) in [5, 5.41) is 11.1. The molecule has 0 aliphatic carbocycles. The molecule has 0 bridgehead atoms. The molecule has 0 radical (unpaired) electrons. The Balaban J connectivity index is 2.45. The molecule has 1 aromatic heterocycles. The SMILES string of the molecule is CNCc1nncn1-c1ccccc1C. The van der Waals surface area contributed by atoms with Gasteiger partial charge in [0, 0.05) is 0 Å². The molecule has 0 aliphatic heterocycles. The highest BCUT2D eigenvalue weighted by Gasteiger charge is 2.06. The van der Waals surface area contributed by atoms with Gasteiger partial charge in [-0.05, 0) is 25.6 Å². The van der Waals surface area contributed by atoms with Gasteiger partial charge in [0.2, 0.25) is 0 Å². The van der Waals surface area contributed by atoms with Crippen LogP contribution < -0.4 is 5.32 Å². The summed E-state index contributed by atoms with van der Waals surface area (Å²) in [6.07, 6.45) is 1.75. The number of hydrogen-bond donors (Lipinski definition) is 1. The fraction of sp³-hybridized carbons (Fsp3) is 0.273. The number of benzene rings is 1. The Morgan fingerprint density at radius 2 is 2.13 bits per heavy atom. The second-order valence-electron chi connectivity index (χ2n) is 3.43. The first kappa shape index (κ1) is 9.86. The molecule has 1 heterocycles. The summed E-state index contributed by atoms with van der Waals surface area (Å²) in [5.74, 6) is 0.923. The summed E-state index contributed by atoms with van der Waals surface area (Å²) in [6.45, 7) is 2.80. The van der Waals surface area contributed by atoms with E-state index < -0.39 is 0 Å². The lowest BCUT2D eigenvalue weighted by Crippen LogP contribution is -2.11. The second kappa shape index (κ2) is 4.23. The maximum absolute atomic E-state index is 4.07. The fourth-order valence-electron chi connectivity index (χ4n) is 1.57. The van der Waals surface area contributed by atoms with Crippen LogP contribution in [-0.2, 0) is 6.54 Å². The number of nitrogens with zero attached hydrogens (tertiary/aromatic N) is 3. The van der Waals surface area contributed by atoms with E-state index in [0.717, 1.165) is 11.5 Å². The van der Waals surface area contributed by atoms with Crippen molar-refractivity contribution in [3.8, 4) is 5.69 Å². The summed E-state index contributed by atoms with van der Waals surface area (Å²) in [5.41, 5.74) is 2.35. The van der Waals surface area contributed by atoms with Gasteiger partial charge < -0.3 is 5.32 Å². The van der Waals surface area contributed by atoms with Gasteiger partial charge in [0.05, 0.1) is 12.2 Å². The normalized spacial score (nSPS) is 10.5. The molecule has 0 spiro atoms. The Bertz CT molecular complexity index is 447. The van der Waals surface area contributed by atoms with Crippen molar-refractivity contribution in [2.45, 2.75) is 13.5 Å². The van der Waals surface area contributed by atoms with Crippen molar-refractivity contribution in [2.75, 3.05) is 7.05 Å². The number of rotatable bonds is 3. The predicted molar refractivity (Wildman–Crippen MR) is 58.9 cm³/mol. The lowest BCUT2D eigenvalue weighted by atomic mass is 10.2. The molecule has 1 N–H and O–H groups in total. The maximum atomic E-state index is 4.07. The van der Waals surface area contributed by atoms with Crippen LogP contribution in [0.15, 0.2) is 30.6 Å². The van der Waals surface area contributed by atoms with Crippen molar-refractivity contribution in [2.24, 2.45) is 0 Å². The van der Waals surface area contributed by atoms with E-state index >= 15 is 0 Å². The van der Waals surface area contributed by atoms with Crippen molar-refractivity contribution < 1.29 is 0 Å². The van der Waals surface area contributed by atoms with Crippen molar-refractivity contribution in [3.05, 3.63) is 42.0 Å². The van der Waals surface area contributed by atoms with E-state index in [2.05, 4.69) is 34.6 Å². The quantitative estimate of drug-likeness (QED) is 0.815. The minimum atomic E-state index is 0.717. The number of aromatic nitrogens is 3. The smallest absolute Gasteiger partial charge is 0.151 e. The molecule has 0 saturated heterocycles. The summed E-state index contributed by atoms with van der Waals surface area (Å²) in [4.78, 5) is 0. The zero-order chi connectivity index (χ0) is 10.7. The van der Waals surface area contributed by atoms with E-state index in [4.69, 9.17) is 0 Å². The molecule has 4 heteroatoms. The first-order chi connectivity index (χ1) is 7.33. The average molecular weight is 202 g/mol. The first-order valence-electron chi connectivity index (χ1n) is 4.92. The highest BCUT2D eigenvalue weighted by molar-refractivity contribution is 5.40. The topological polar surface area (TPSA) is 42.7 Å². The number of hydrogen-bond acceptors (Lipinski definition) is 3. The van der Waals surface area contributed by atoms with E-state index in [0.29, 0.717) is 6.54 Å². The molecule has 2 rings (SSSR count). The summed E-state index contributed by atoms with van der Waals surface area (Å²) in [6, 6.07) is 8.20. The summed E-state index contributed by atoms with van der Waals surface area (Å²) < 4.78 is 2.01. The van der Waals surface area contributed by atoms with Crippen LogP contribution in [0.25, 0.3) is 5.69 Å². The maximum Gasteiger partial charge on any atom is 0.151 e. The zero-order valence-electron chi connectivity index (χ0n) is 8.94. The van der Waals surface area contributed by atoms with Gasteiger partial charge in [-0.2, -0.15) is 0 Å². The first-order valence-corrected chi connectivity index (χ1v) is 4.92. The van der Waals surface area contributed by atoms with Gasteiger partial charge in [-0.1, -0.05) is 18.2 Å². The van der Waals surface area contributed by atoms with E-state index in [1.54, 1.807) is 6.33 Å². The summed E-state index contributed by atoms with van der Waals surface area (Å²) in [7, 11) is 1.90. The van der Waals surface area contributed by atoms with Gasteiger partial charge in [-0.25, -0.2) is 0 Å². The highest BCUT2D eigenvalue weighted by atomic mass is 15.3. The van der Waals surface area contributed by atoms with Crippen LogP contribution in [0.2, 0.25) is 0 Å². The van der Waals surface area contributed by atoms with Crippen LogP contribution in [0.1, 0.15) is 11.4 Å². The standard InChI is InChI=1S/C11H14N4/c1-9-5-3-4-6-10(9)15-8-13-14-11(15)7-12-2/h3-6,8,12H,7H2,1-2H3. The van der Waals surface area contributed by atoms with Gasteiger partial charge in [0.1, 0.15) is 6.33 Å². The highest BCUT2D eigenvalue weighted by Crippen LogP contribution is 2.14. The molecular weight excluding hydrogens is 188 g/mol. The number of nitrogens with one attached hydrogen (secondary N) is 1. The third kappa shape index (κ3) is 1.89. The molecule has 15 heavy (non-hydrogen) atoms. The van der Waals surface area contributed by atoms with Crippen LogP contribution >= 0.6 is 0 Å². The minimum Gasteiger partial charge on any atom is -0.313 e. The van der Waals surface area contributed by atoms with Crippen LogP contribution in [0, 0.1) is 6.92 Å². The van der Waals surface area contributed by atoms with Gasteiger partial charge in [-0.15, -0.1) is 10.2 Å². The lowest BCUT2D eigenvalue weighted by Gasteiger charge is -2.08. The van der Waals surface area contributed by atoms with Crippen LogP contribution in [-0.4, -0.2) is 21.8 Å². The molecule has 4 nitrogen and oxygen atoms in total. The van der Waals surface area contributed by atoms with Crippen molar-refractivity contribution in [3.63, 3.8) is 0 Å². The van der Waals surface area contributed by atoms with Crippen LogP contribution in [0.4, 0.5) is 0 Å². The molecular formula is C11H14N4. The largest absolute Gasteiger partial charge is 0.313 e. The Kier molecular flexibility index (Phi) is 2.78.